The fourth-order valence-corrected chi connectivity index (χ4v) is 3.33. The highest BCUT2D eigenvalue weighted by molar-refractivity contribution is 5.80. The number of aryl methyl sites for hydroxylation is 1. The number of hydrogen-bond donors (Lipinski definition) is 2. The SMILES string of the molecule is Cc1cccc2oc(CCNC(=O)C3CCCC(C(=O)O)C3)nc12. The fraction of sp³-hybridized carbons (Fsp3) is 0.500. The van der Waals surface area contributed by atoms with Gasteiger partial charge in [-0.05, 0) is 37.8 Å². The highest BCUT2D eigenvalue weighted by atomic mass is 16.4. The van der Waals surface area contributed by atoms with Crippen LogP contribution in [0.15, 0.2) is 22.6 Å². The average molecular weight is 330 g/mol. The van der Waals surface area contributed by atoms with Crippen LogP contribution in [0, 0.1) is 18.8 Å². The maximum atomic E-state index is 12.2. The summed E-state index contributed by atoms with van der Waals surface area (Å²) in [6.45, 7) is 2.43. The second-order valence-electron chi connectivity index (χ2n) is 6.47. The highest BCUT2D eigenvalue weighted by Crippen LogP contribution is 2.29. The molecule has 2 atom stereocenters. The second kappa shape index (κ2) is 7.03. The Kier molecular flexibility index (Phi) is 4.83. The van der Waals surface area contributed by atoms with E-state index in [0.29, 0.717) is 31.7 Å². The third-order valence-electron chi connectivity index (χ3n) is 4.70. The largest absolute Gasteiger partial charge is 0.481 e. The number of para-hydroxylation sites is 1. The van der Waals surface area contributed by atoms with Crippen molar-refractivity contribution in [1.29, 1.82) is 0 Å². The van der Waals surface area contributed by atoms with Crippen LogP contribution in [0.3, 0.4) is 0 Å². The van der Waals surface area contributed by atoms with Gasteiger partial charge < -0.3 is 14.8 Å². The van der Waals surface area contributed by atoms with E-state index in [1.807, 2.05) is 25.1 Å². The van der Waals surface area contributed by atoms with Gasteiger partial charge in [-0.2, -0.15) is 0 Å². The zero-order chi connectivity index (χ0) is 17.1. The van der Waals surface area contributed by atoms with Crippen LogP contribution in [-0.4, -0.2) is 28.5 Å². The molecule has 0 bridgehead atoms. The number of rotatable bonds is 5. The summed E-state index contributed by atoms with van der Waals surface area (Å²) >= 11 is 0. The van der Waals surface area contributed by atoms with E-state index >= 15 is 0 Å². The molecule has 2 unspecified atom stereocenters. The van der Waals surface area contributed by atoms with Crippen molar-refractivity contribution in [3.8, 4) is 0 Å². The summed E-state index contributed by atoms with van der Waals surface area (Å²) in [7, 11) is 0. The van der Waals surface area contributed by atoms with E-state index in [1.54, 1.807) is 0 Å². The molecule has 6 nitrogen and oxygen atoms in total. The summed E-state index contributed by atoms with van der Waals surface area (Å²) in [4.78, 5) is 27.8. The summed E-state index contributed by atoms with van der Waals surface area (Å²) in [5.74, 6) is -0.852. The first-order valence-electron chi connectivity index (χ1n) is 8.40. The van der Waals surface area contributed by atoms with E-state index in [1.165, 1.54) is 0 Å². The summed E-state index contributed by atoms with van der Waals surface area (Å²) < 4.78 is 5.68. The van der Waals surface area contributed by atoms with E-state index < -0.39 is 11.9 Å². The summed E-state index contributed by atoms with van der Waals surface area (Å²) in [6.07, 6.45) is 3.18. The molecule has 24 heavy (non-hydrogen) atoms. The summed E-state index contributed by atoms with van der Waals surface area (Å²) in [5, 5.41) is 12.0. The molecule has 1 aliphatic carbocycles. The Bertz CT molecular complexity index is 753. The molecule has 0 aliphatic heterocycles. The zero-order valence-electron chi connectivity index (χ0n) is 13.7. The number of carboxylic acid groups (broad SMARTS) is 1. The molecule has 1 aromatic carbocycles. The van der Waals surface area contributed by atoms with Gasteiger partial charge in [0.05, 0.1) is 5.92 Å². The van der Waals surface area contributed by atoms with E-state index in [4.69, 9.17) is 9.52 Å². The van der Waals surface area contributed by atoms with Crippen LogP contribution >= 0.6 is 0 Å². The first kappa shape index (κ1) is 16.5. The Morgan fingerprint density at radius 2 is 2.12 bits per heavy atom. The minimum atomic E-state index is -0.797. The van der Waals surface area contributed by atoms with Crippen LogP contribution in [0.2, 0.25) is 0 Å². The van der Waals surface area contributed by atoms with Gasteiger partial charge in [-0.25, -0.2) is 4.98 Å². The van der Waals surface area contributed by atoms with Crippen molar-refractivity contribution in [1.82, 2.24) is 10.3 Å². The summed E-state index contributed by atoms with van der Waals surface area (Å²) in [6, 6.07) is 5.79. The van der Waals surface area contributed by atoms with Crippen LogP contribution in [0.4, 0.5) is 0 Å². The van der Waals surface area contributed by atoms with Gasteiger partial charge in [0.1, 0.15) is 5.52 Å². The van der Waals surface area contributed by atoms with E-state index in [0.717, 1.165) is 29.5 Å². The Hall–Kier alpha value is -2.37. The van der Waals surface area contributed by atoms with Gasteiger partial charge in [0.25, 0.3) is 0 Å². The number of aliphatic carboxylic acids is 1. The average Bonchev–Trinajstić information content (AvgIpc) is 2.99. The highest BCUT2D eigenvalue weighted by Gasteiger charge is 2.30. The van der Waals surface area contributed by atoms with Crippen molar-refractivity contribution in [3.05, 3.63) is 29.7 Å². The molecule has 2 aromatic rings. The third-order valence-corrected chi connectivity index (χ3v) is 4.70. The van der Waals surface area contributed by atoms with Crippen LogP contribution in [-0.2, 0) is 16.0 Å². The van der Waals surface area contributed by atoms with Crippen LogP contribution < -0.4 is 5.32 Å². The lowest BCUT2D eigenvalue weighted by Gasteiger charge is -2.25. The van der Waals surface area contributed by atoms with Crippen LogP contribution in [0.5, 0.6) is 0 Å². The molecule has 1 amide bonds. The van der Waals surface area contributed by atoms with Crippen molar-refractivity contribution in [2.45, 2.75) is 39.0 Å². The molecule has 0 spiro atoms. The maximum absolute atomic E-state index is 12.2. The Morgan fingerprint density at radius 3 is 2.88 bits per heavy atom. The molecule has 1 fully saturated rings. The number of benzene rings is 1. The van der Waals surface area contributed by atoms with Crippen molar-refractivity contribution >= 4 is 23.0 Å². The third kappa shape index (κ3) is 3.58. The van der Waals surface area contributed by atoms with Gasteiger partial charge in [0.2, 0.25) is 5.91 Å². The number of aromatic nitrogens is 1. The van der Waals surface area contributed by atoms with Gasteiger partial charge in [-0.3, -0.25) is 9.59 Å². The lowest BCUT2D eigenvalue weighted by atomic mass is 9.81. The lowest BCUT2D eigenvalue weighted by Crippen LogP contribution is -2.36. The van der Waals surface area contributed by atoms with Crippen molar-refractivity contribution in [2.24, 2.45) is 11.8 Å². The molecule has 128 valence electrons. The number of nitrogens with zero attached hydrogens (tertiary/aromatic N) is 1. The monoisotopic (exact) mass is 330 g/mol. The number of carbonyl (C=O) groups is 2. The number of amides is 1. The minimum Gasteiger partial charge on any atom is -0.481 e. The van der Waals surface area contributed by atoms with E-state index in [-0.39, 0.29) is 11.8 Å². The van der Waals surface area contributed by atoms with Crippen molar-refractivity contribution in [3.63, 3.8) is 0 Å². The van der Waals surface area contributed by atoms with Crippen LogP contribution in [0.1, 0.15) is 37.1 Å². The van der Waals surface area contributed by atoms with Crippen molar-refractivity contribution in [2.75, 3.05) is 6.54 Å². The first-order chi connectivity index (χ1) is 11.5. The molecule has 0 radical (unpaired) electrons. The zero-order valence-corrected chi connectivity index (χ0v) is 13.7. The Labute approximate surface area is 140 Å². The molecule has 1 heterocycles. The molecule has 3 rings (SSSR count). The maximum Gasteiger partial charge on any atom is 0.306 e. The number of carbonyl (C=O) groups excluding carboxylic acids is 1. The van der Waals surface area contributed by atoms with Gasteiger partial charge in [-0.15, -0.1) is 0 Å². The first-order valence-corrected chi connectivity index (χ1v) is 8.40. The molecule has 0 saturated heterocycles. The molecule has 1 saturated carbocycles. The second-order valence-corrected chi connectivity index (χ2v) is 6.47. The number of carboxylic acids is 1. The molecule has 1 aliphatic rings. The number of hydrogen-bond acceptors (Lipinski definition) is 4. The minimum absolute atomic E-state index is 0.0618. The molecular weight excluding hydrogens is 308 g/mol. The van der Waals surface area contributed by atoms with Gasteiger partial charge in [0.15, 0.2) is 11.5 Å². The normalized spacial score (nSPS) is 20.9. The fourth-order valence-electron chi connectivity index (χ4n) is 3.33. The predicted molar refractivity (Wildman–Crippen MR) is 88.5 cm³/mol. The Balaban J connectivity index is 1.52. The van der Waals surface area contributed by atoms with E-state index in [9.17, 15) is 9.59 Å². The topological polar surface area (TPSA) is 92.4 Å². The number of fused-ring (bicyclic) bond motifs is 1. The summed E-state index contributed by atoms with van der Waals surface area (Å²) in [5.41, 5.74) is 2.68. The van der Waals surface area contributed by atoms with Gasteiger partial charge >= 0.3 is 5.97 Å². The molecule has 6 heteroatoms. The molecule has 2 N–H and O–H groups in total. The predicted octanol–water partition coefficient (Wildman–Crippen LogP) is 2.69. The standard InChI is InChI=1S/C18H22N2O4/c1-11-4-2-7-14-16(11)20-15(24-14)8-9-19-17(21)12-5-3-6-13(10-12)18(22)23/h2,4,7,12-13H,3,5-6,8-10H2,1H3,(H,19,21)(H,22,23). The quantitative estimate of drug-likeness (QED) is 0.879. The van der Waals surface area contributed by atoms with Crippen molar-refractivity contribution < 1.29 is 19.1 Å². The smallest absolute Gasteiger partial charge is 0.306 e. The number of nitrogens with one attached hydrogen (secondary N) is 1. The van der Waals surface area contributed by atoms with Crippen LogP contribution in [0.25, 0.3) is 11.1 Å². The van der Waals surface area contributed by atoms with Gasteiger partial charge in [-0.1, -0.05) is 18.6 Å². The lowest BCUT2D eigenvalue weighted by molar-refractivity contribution is -0.144. The molecule has 1 aromatic heterocycles. The van der Waals surface area contributed by atoms with E-state index in [2.05, 4.69) is 10.3 Å². The molecular formula is C18H22N2O4. The Morgan fingerprint density at radius 1 is 1.33 bits per heavy atom. The number of oxazole rings is 1. The van der Waals surface area contributed by atoms with Gasteiger partial charge in [0, 0.05) is 18.9 Å².